The van der Waals surface area contributed by atoms with Crippen LogP contribution in [0.15, 0.2) is 150 Å². The van der Waals surface area contributed by atoms with Gasteiger partial charge in [-0.05, 0) is 94.3 Å². The maximum absolute atomic E-state index is 6.33. The molecule has 0 amide bonds. The predicted octanol–water partition coefficient (Wildman–Crippen LogP) is 12.1. The van der Waals surface area contributed by atoms with E-state index in [2.05, 4.69) is 146 Å². The van der Waals surface area contributed by atoms with Crippen LogP contribution in [0.4, 0.5) is 0 Å². The van der Waals surface area contributed by atoms with E-state index in [0.29, 0.717) is 0 Å². The lowest BCUT2D eigenvalue weighted by Crippen LogP contribution is -1.93. The first-order chi connectivity index (χ1) is 21.3. The van der Waals surface area contributed by atoms with Crippen molar-refractivity contribution in [2.45, 2.75) is 0 Å². The molecule has 0 bridgehead atoms. The Kier molecular flexibility index (Phi) is 4.51. The highest BCUT2D eigenvalue weighted by Crippen LogP contribution is 2.49. The van der Waals surface area contributed by atoms with Crippen LogP contribution < -0.4 is 0 Å². The van der Waals surface area contributed by atoms with E-state index in [4.69, 9.17) is 4.42 Å². The Morgan fingerprint density at radius 2 is 0.837 bits per heavy atom. The summed E-state index contributed by atoms with van der Waals surface area (Å²) >= 11 is 0. The molecule has 1 nitrogen and oxygen atoms in total. The first-order valence-corrected chi connectivity index (χ1v) is 14.9. The number of rotatable bonds is 2. The third-order valence-electron chi connectivity index (χ3n) is 9.40. The van der Waals surface area contributed by atoms with Crippen LogP contribution in [0.3, 0.4) is 0 Å². The van der Waals surface area contributed by atoms with Crippen molar-refractivity contribution in [3.8, 4) is 22.3 Å². The van der Waals surface area contributed by atoms with Gasteiger partial charge in [-0.25, -0.2) is 0 Å². The molecule has 0 radical (unpaired) electrons. The zero-order valence-corrected chi connectivity index (χ0v) is 23.3. The fraction of sp³-hybridized carbons (Fsp3) is 0. The standard InChI is InChI=1S/C42H24O/c1-2-12-27-25(10-1)22-23-29-28(27)17-8-18-30(29)40-31-13-3-5-15-33(31)41(34-16-6-4-14-32(34)40)36-24-26-11-7-20-37-39(26)42-35(36)19-9-21-38(42)43-37/h1-24H. The number of hydrogen-bond donors (Lipinski definition) is 0. The first kappa shape index (κ1) is 23.0. The number of furan rings is 1. The molecule has 0 fully saturated rings. The average Bonchev–Trinajstić information content (AvgIpc) is 3.46. The van der Waals surface area contributed by atoms with E-state index in [0.717, 1.165) is 11.2 Å². The van der Waals surface area contributed by atoms with Crippen LogP contribution in [0, 0.1) is 0 Å². The minimum Gasteiger partial charge on any atom is -0.456 e. The first-order valence-electron chi connectivity index (χ1n) is 14.9. The van der Waals surface area contributed by atoms with Crippen LogP contribution in [0.1, 0.15) is 0 Å². The molecule has 0 aliphatic heterocycles. The summed E-state index contributed by atoms with van der Waals surface area (Å²) in [4.78, 5) is 0. The van der Waals surface area contributed by atoms with Gasteiger partial charge in [0.25, 0.3) is 0 Å². The molecule has 0 N–H and O–H groups in total. The van der Waals surface area contributed by atoms with Gasteiger partial charge in [-0.2, -0.15) is 0 Å². The highest BCUT2D eigenvalue weighted by atomic mass is 16.3. The summed E-state index contributed by atoms with van der Waals surface area (Å²) in [6.45, 7) is 0. The fourth-order valence-corrected chi connectivity index (χ4v) is 7.65. The molecule has 0 saturated carbocycles. The lowest BCUT2D eigenvalue weighted by molar-refractivity contribution is 0.669. The second kappa shape index (κ2) is 8.44. The van der Waals surface area contributed by atoms with E-state index in [1.807, 2.05) is 0 Å². The molecule has 1 heterocycles. The maximum Gasteiger partial charge on any atom is 0.136 e. The van der Waals surface area contributed by atoms with Crippen molar-refractivity contribution in [2.75, 3.05) is 0 Å². The highest BCUT2D eigenvalue weighted by Gasteiger charge is 2.22. The molecule has 198 valence electrons. The van der Waals surface area contributed by atoms with Gasteiger partial charge in [0.1, 0.15) is 11.2 Å². The van der Waals surface area contributed by atoms with Gasteiger partial charge in [-0.15, -0.1) is 0 Å². The summed E-state index contributed by atoms with van der Waals surface area (Å²) in [5, 5.41) is 15.0. The van der Waals surface area contributed by atoms with Crippen molar-refractivity contribution in [1.82, 2.24) is 0 Å². The second-order valence-electron chi connectivity index (χ2n) is 11.6. The molecule has 0 unspecified atom stereocenters. The summed E-state index contributed by atoms with van der Waals surface area (Å²) < 4.78 is 6.33. The summed E-state index contributed by atoms with van der Waals surface area (Å²) in [6.07, 6.45) is 0. The molecule has 1 aromatic heterocycles. The van der Waals surface area contributed by atoms with Gasteiger partial charge in [0, 0.05) is 10.8 Å². The number of hydrogen-bond acceptors (Lipinski definition) is 1. The number of benzene rings is 9. The van der Waals surface area contributed by atoms with Crippen LogP contribution in [0.5, 0.6) is 0 Å². The van der Waals surface area contributed by atoms with Crippen LogP contribution in [-0.4, -0.2) is 0 Å². The minimum atomic E-state index is 0.943. The Bertz CT molecular complexity index is 2670. The minimum absolute atomic E-state index is 0.943. The van der Waals surface area contributed by atoms with Crippen molar-refractivity contribution >= 4 is 75.8 Å². The molecule has 43 heavy (non-hydrogen) atoms. The zero-order chi connectivity index (χ0) is 28.1. The monoisotopic (exact) mass is 544 g/mol. The van der Waals surface area contributed by atoms with Gasteiger partial charge in [-0.3, -0.25) is 0 Å². The highest BCUT2D eigenvalue weighted by molar-refractivity contribution is 6.30. The average molecular weight is 545 g/mol. The van der Waals surface area contributed by atoms with E-state index < -0.39 is 0 Å². The Morgan fingerprint density at radius 3 is 1.58 bits per heavy atom. The van der Waals surface area contributed by atoms with Crippen molar-refractivity contribution < 1.29 is 4.42 Å². The lowest BCUT2D eigenvalue weighted by atomic mass is 9.83. The zero-order valence-electron chi connectivity index (χ0n) is 23.3. The van der Waals surface area contributed by atoms with Gasteiger partial charge in [0.2, 0.25) is 0 Å². The summed E-state index contributed by atoms with van der Waals surface area (Å²) in [5.41, 5.74) is 6.97. The molecule has 9 aromatic carbocycles. The van der Waals surface area contributed by atoms with Gasteiger partial charge in [0.05, 0.1) is 0 Å². The molecule has 0 spiro atoms. The van der Waals surface area contributed by atoms with Gasteiger partial charge in [0.15, 0.2) is 0 Å². The molecule has 0 aliphatic rings. The van der Waals surface area contributed by atoms with Crippen LogP contribution in [0.2, 0.25) is 0 Å². The van der Waals surface area contributed by atoms with E-state index in [-0.39, 0.29) is 0 Å². The van der Waals surface area contributed by atoms with Crippen LogP contribution in [0.25, 0.3) is 98.1 Å². The molecule has 1 heteroatoms. The summed E-state index contributed by atoms with van der Waals surface area (Å²) in [7, 11) is 0. The Labute approximate surface area is 247 Å². The van der Waals surface area contributed by atoms with Gasteiger partial charge < -0.3 is 4.42 Å². The van der Waals surface area contributed by atoms with Crippen LogP contribution >= 0.6 is 0 Å². The van der Waals surface area contributed by atoms with Crippen molar-refractivity contribution in [3.05, 3.63) is 146 Å². The van der Waals surface area contributed by atoms with Crippen LogP contribution in [-0.2, 0) is 0 Å². The SMILES string of the molecule is c1ccc2c(c1)ccc1c(-c3c4ccccc4c(-c4cc5cccc6oc7cccc4c7c56)c4ccccc34)cccc12. The Balaban J connectivity index is 1.39. The summed E-state index contributed by atoms with van der Waals surface area (Å²) in [6, 6.07) is 53.2. The smallest absolute Gasteiger partial charge is 0.136 e. The lowest BCUT2D eigenvalue weighted by Gasteiger charge is -2.20. The Morgan fingerprint density at radius 1 is 0.302 bits per heavy atom. The third kappa shape index (κ3) is 3.06. The van der Waals surface area contributed by atoms with Crippen molar-refractivity contribution in [3.63, 3.8) is 0 Å². The third-order valence-corrected chi connectivity index (χ3v) is 9.40. The normalized spacial score (nSPS) is 12.2. The van der Waals surface area contributed by atoms with Crippen molar-refractivity contribution in [1.29, 1.82) is 0 Å². The molecular formula is C42H24O. The van der Waals surface area contributed by atoms with E-state index in [1.165, 1.54) is 86.9 Å². The quantitative estimate of drug-likeness (QED) is 0.156. The van der Waals surface area contributed by atoms with Gasteiger partial charge in [-0.1, -0.05) is 127 Å². The fourth-order valence-electron chi connectivity index (χ4n) is 7.65. The Hall–Kier alpha value is -5.66. The summed E-state index contributed by atoms with van der Waals surface area (Å²) in [5.74, 6) is 0. The predicted molar refractivity (Wildman–Crippen MR) is 183 cm³/mol. The van der Waals surface area contributed by atoms with Gasteiger partial charge >= 0.3 is 0 Å². The second-order valence-corrected chi connectivity index (χ2v) is 11.6. The molecule has 0 atom stereocenters. The topological polar surface area (TPSA) is 13.1 Å². The molecule has 10 rings (SSSR count). The molecule has 0 saturated heterocycles. The van der Waals surface area contributed by atoms with E-state index >= 15 is 0 Å². The molecular weight excluding hydrogens is 520 g/mol. The molecule has 0 aliphatic carbocycles. The van der Waals surface area contributed by atoms with E-state index in [9.17, 15) is 0 Å². The van der Waals surface area contributed by atoms with E-state index in [1.54, 1.807) is 0 Å². The van der Waals surface area contributed by atoms with Crippen molar-refractivity contribution in [2.24, 2.45) is 0 Å². The maximum atomic E-state index is 6.33. The number of fused-ring (bicyclic) bond motifs is 5. The largest absolute Gasteiger partial charge is 0.456 e. The molecule has 10 aromatic rings.